The summed E-state index contributed by atoms with van der Waals surface area (Å²) in [6.07, 6.45) is 3.82. The third-order valence-electron chi connectivity index (χ3n) is 3.03. The smallest absolute Gasteiger partial charge is 0.145 e. The topological polar surface area (TPSA) is 59.1 Å². The number of aromatic nitrogens is 2. The van der Waals surface area contributed by atoms with Gasteiger partial charge >= 0.3 is 0 Å². The van der Waals surface area contributed by atoms with E-state index in [4.69, 9.17) is 4.74 Å². The van der Waals surface area contributed by atoms with Gasteiger partial charge in [-0.15, -0.1) is 0 Å². The standard InChI is InChI=1S/C12H19BrN4O/c1-2-14-11-10(13)12(17-8-16-11)15-7-9-3-5-18-6-4-9/h8-9H,2-7H2,1H3,(H2,14,15,16,17). The summed E-state index contributed by atoms with van der Waals surface area (Å²) in [6, 6.07) is 0. The number of halogens is 1. The van der Waals surface area contributed by atoms with Gasteiger partial charge in [-0.25, -0.2) is 9.97 Å². The van der Waals surface area contributed by atoms with Gasteiger partial charge < -0.3 is 15.4 Å². The molecule has 0 spiro atoms. The zero-order valence-electron chi connectivity index (χ0n) is 10.6. The second-order valence-corrected chi connectivity index (χ2v) is 5.14. The number of ether oxygens (including phenoxy) is 1. The van der Waals surface area contributed by atoms with Crippen molar-refractivity contribution in [1.82, 2.24) is 9.97 Å². The predicted molar refractivity (Wildman–Crippen MR) is 75.9 cm³/mol. The van der Waals surface area contributed by atoms with Crippen molar-refractivity contribution in [1.29, 1.82) is 0 Å². The van der Waals surface area contributed by atoms with E-state index in [-0.39, 0.29) is 0 Å². The lowest BCUT2D eigenvalue weighted by molar-refractivity contribution is 0.0699. The van der Waals surface area contributed by atoms with E-state index >= 15 is 0 Å². The Labute approximate surface area is 116 Å². The minimum atomic E-state index is 0.670. The molecule has 1 aliphatic rings. The van der Waals surface area contributed by atoms with Crippen LogP contribution in [0.5, 0.6) is 0 Å². The van der Waals surface area contributed by atoms with Crippen molar-refractivity contribution in [2.45, 2.75) is 19.8 Å². The summed E-state index contributed by atoms with van der Waals surface area (Å²) in [6.45, 7) is 5.57. The summed E-state index contributed by atoms with van der Waals surface area (Å²) in [7, 11) is 0. The molecule has 6 heteroatoms. The van der Waals surface area contributed by atoms with E-state index in [1.807, 2.05) is 6.92 Å². The maximum Gasteiger partial charge on any atom is 0.145 e. The second-order valence-electron chi connectivity index (χ2n) is 4.35. The summed E-state index contributed by atoms with van der Waals surface area (Å²) in [5.74, 6) is 2.36. The molecule has 0 saturated carbocycles. The van der Waals surface area contributed by atoms with Crippen molar-refractivity contribution in [3.8, 4) is 0 Å². The molecule has 100 valence electrons. The molecule has 0 radical (unpaired) electrons. The molecule has 2 N–H and O–H groups in total. The number of anilines is 2. The van der Waals surface area contributed by atoms with Gasteiger partial charge in [-0.2, -0.15) is 0 Å². The van der Waals surface area contributed by atoms with Crippen LogP contribution in [-0.2, 0) is 4.74 Å². The first kappa shape index (κ1) is 13.5. The van der Waals surface area contributed by atoms with Gasteiger partial charge in [0.25, 0.3) is 0 Å². The largest absolute Gasteiger partial charge is 0.381 e. The van der Waals surface area contributed by atoms with Crippen molar-refractivity contribution >= 4 is 27.6 Å². The molecule has 1 aromatic rings. The van der Waals surface area contributed by atoms with Gasteiger partial charge in [0.15, 0.2) is 0 Å². The first-order valence-corrected chi connectivity index (χ1v) is 7.16. The van der Waals surface area contributed by atoms with E-state index < -0.39 is 0 Å². The van der Waals surface area contributed by atoms with Crippen LogP contribution < -0.4 is 10.6 Å². The van der Waals surface area contributed by atoms with Gasteiger partial charge in [-0.3, -0.25) is 0 Å². The summed E-state index contributed by atoms with van der Waals surface area (Å²) in [5, 5.41) is 6.58. The van der Waals surface area contributed by atoms with Gasteiger partial charge in [0.1, 0.15) is 22.4 Å². The summed E-state index contributed by atoms with van der Waals surface area (Å²) in [4.78, 5) is 8.46. The lowest BCUT2D eigenvalue weighted by atomic mass is 10.0. The molecule has 5 nitrogen and oxygen atoms in total. The van der Waals surface area contributed by atoms with Crippen molar-refractivity contribution in [3.05, 3.63) is 10.8 Å². The van der Waals surface area contributed by atoms with Crippen LogP contribution in [0, 0.1) is 5.92 Å². The van der Waals surface area contributed by atoms with E-state index in [9.17, 15) is 0 Å². The average molecular weight is 315 g/mol. The normalized spacial score (nSPS) is 16.6. The van der Waals surface area contributed by atoms with E-state index in [2.05, 4.69) is 36.5 Å². The molecule has 0 unspecified atom stereocenters. The number of nitrogens with one attached hydrogen (secondary N) is 2. The van der Waals surface area contributed by atoms with Crippen LogP contribution >= 0.6 is 15.9 Å². The Kier molecular flexibility index (Phi) is 5.19. The van der Waals surface area contributed by atoms with E-state index in [0.717, 1.165) is 55.3 Å². The third-order valence-corrected chi connectivity index (χ3v) is 3.78. The Balaban J connectivity index is 1.93. The van der Waals surface area contributed by atoms with Crippen LogP contribution in [0.25, 0.3) is 0 Å². The Morgan fingerprint density at radius 3 is 2.61 bits per heavy atom. The summed E-state index contributed by atoms with van der Waals surface area (Å²) >= 11 is 3.53. The average Bonchev–Trinajstić information content (AvgIpc) is 2.41. The van der Waals surface area contributed by atoms with Crippen LogP contribution in [0.4, 0.5) is 11.6 Å². The lowest BCUT2D eigenvalue weighted by Crippen LogP contribution is -2.23. The quantitative estimate of drug-likeness (QED) is 0.874. The van der Waals surface area contributed by atoms with Gasteiger partial charge in [-0.1, -0.05) is 0 Å². The number of hydrogen-bond acceptors (Lipinski definition) is 5. The first-order chi connectivity index (χ1) is 8.81. The van der Waals surface area contributed by atoms with Crippen molar-refractivity contribution in [2.24, 2.45) is 5.92 Å². The Bertz CT molecular complexity index is 382. The zero-order valence-corrected chi connectivity index (χ0v) is 12.2. The molecule has 2 heterocycles. The van der Waals surface area contributed by atoms with Crippen molar-refractivity contribution < 1.29 is 4.74 Å². The highest BCUT2D eigenvalue weighted by atomic mass is 79.9. The molecule has 2 rings (SSSR count). The van der Waals surface area contributed by atoms with Crippen LogP contribution in [0.15, 0.2) is 10.8 Å². The number of rotatable bonds is 5. The number of hydrogen-bond donors (Lipinski definition) is 2. The molecule has 0 amide bonds. The molecule has 1 aromatic heterocycles. The lowest BCUT2D eigenvalue weighted by Gasteiger charge is -2.22. The van der Waals surface area contributed by atoms with Crippen LogP contribution in [0.2, 0.25) is 0 Å². The maximum absolute atomic E-state index is 5.35. The number of nitrogens with zero attached hydrogens (tertiary/aromatic N) is 2. The molecular weight excluding hydrogens is 296 g/mol. The van der Waals surface area contributed by atoms with Gasteiger partial charge in [0, 0.05) is 26.3 Å². The Morgan fingerprint density at radius 1 is 1.28 bits per heavy atom. The molecular formula is C12H19BrN4O. The summed E-state index contributed by atoms with van der Waals surface area (Å²) < 4.78 is 6.26. The first-order valence-electron chi connectivity index (χ1n) is 6.37. The van der Waals surface area contributed by atoms with Crippen LogP contribution in [0.1, 0.15) is 19.8 Å². The molecule has 1 fully saturated rings. The van der Waals surface area contributed by atoms with E-state index in [0.29, 0.717) is 5.92 Å². The van der Waals surface area contributed by atoms with E-state index in [1.165, 1.54) is 0 Å². The van der Waals surface area contributed by atoms with Gasteiger partial charge in [0.2, 0.25) is 0 Å². The molecule has 0 atom stereocenters. The fourth-order valence-corrected chi connectivity index (χ4v) is 2.46. The highest BCUT2D eigenvalue weighted by Gasteiger charge is 2.15. The van der Waals surface area contributed by atoms with Crippen molar-refractivity contribution in [2.75, 3.05) is 36.9 Å². The minimum Gasteiger partial charge on any atom is -0.381 e. The van der Waals surface area contributed by atoms with E-state index in [1.54, 1.807) is 6.33 Å². The molecule has 1 saturated heterocycles. The van der Waals surface area contributed by atoms with Crippen LogP contribution in [0.3, 0.4) is 0 Å². The van der Waals surface area contributed by atoms with Gasteiger partial charge in [0.05, 0.1) is 0 Å². The highest BCUT2D eigenvalue weighted by molar-refractivity contribution is 9.10. The molecule has 0 bridgehead atoms. The SMILES string of the molecule is CCNc1ncnc(NCC2CCOCC2)c1Br. The minimum absolute atomic E-state index is 0.670. The third kappa shape index (κ3) is 3.55. The molecule has 1 aliphatic heterocycles. The van der Waals surface area contributed by atoms with Crippen molar-refractivity contribution in [3.63, 3.8) is 0 Å². The van der Waals surface area contributed by atoms with Gasteiger partial charge in [-0.05, 0) is 41.6 Å². The maximum atomic E-state index is 5.35. The fourth-order valence-electron chi connectivity index (χ4n) is 1.98. The Hall–Kier alpha value is -0.880. The highest BCUT2D eigenvalue weighted by Crippen LogP contribution is 2.27. The summed E-state index contributed by atoms with van der Waals surface area (Å²) in [5.41, 5.74) is 0. The monoisotopic (exact) mass is 314 g/mol. The molecule has 0 aromatic carbocycles. The second kappa shape index (κ2) is 6.89. The molecule has 18 heavy (non-hydrogen) atoms. The Morgan fingerprint density at radius 2 is 1.94 bits per heavy atom. The van der Waals surface area contributed by atoms with Crippen LogP contribution in [-0.4, -0.2) is 36.3 Å². The zero-order chi connectivity index (χ0) is 12.8. The predicted octanol–water partition coefficient (Wildman–Crippen LogP) is 2.51. The fraction of sp³-hybridized carbons (Fsp3) is 0.667. The molecule has 0 aliphatic carbocycles.